The van der Waals surface area contributed by atoms with Crippen molar-refractivity contribution in [1.82, 2.24) is 0 Å². The van der Waals surface area contributed by atoms with Crippen LogP contribution in [0.5, 0.6) is 11.5 Å². The number of benzene rings is 7. The fraction of sp³-hybridized carbons (Fsp3) is 0.0526. The first-order chi connectivity index (χ1) is 20.2. The number of rotatable bonds is 5. The minimum Gasteiger partial charge on any atom is -0.497 e. The number of hydrogen-bond donors (Lipinski definition) is 0. The maximum atomic E-state index is 5.50. The molecule has 1 aliphatic rings. The van der Waals surface area contributed by atoms with Crippen LogP contribution in [-0.2, 0) is 0 Å². The predicted octanol–water partition coefficient (Wildman–Crippen LogP) is 10.3. The lowest BCUT2D eigenvalue weighted by Crippen LogP contribution is -2.11. The molecule has 0 spiro atoms. The van der Waals surface area contributed by atoms with E-state index in [1.807, 2.05) is 24.3 Å². The fourth-order valence-electron chi connectivity index (χ4n) is 6.49. The Balaban J connectivity index is 1.49. The normalized spacial score (nSPS) is 11.7. The van der Waals surface area contributed by atoms with Crippen molar-refractivity contribution in [1.29, 1.82) is 0 Å². The van der Waals surface area contributed by atoms with E-state index in [1.165, 1.54) is 54.6 Å². The van der Waals surface area contributed by atoms with Gasteiger partial charge in [0.05, 0.1) is 19.9 Å². The minimum atomic E-state index is 0.830. The monoisotopic (exact) mass is 529 g/mol. The van der Waals surface area contributed by atoms with E-state index < -0.39 is 0 Å². The summed E-state index contributed by atoms with van der Waals surface area (Å²) in [6.45, 7) is 0. The molecular formula is C38H27NO2. The van der Waals surface area contributed by atoms with Crippen molar-refractivity contribution in [3.8, 4) is 33.8 Å². The van der Waals surface area contributed by atoms with Crippen LogP contribution in [0.2, 0.25) is 0 Å². The maximum absolute atomic E-state index is 5.50. The van der Waals surface area contributed by atoms with Gasteiger partial charge in [-0.05, 0) is 99.1 Å². The summed E-state index contributed by atoms with van der Waals surface area (Å²) in [5.74, 6) is 1.66. The van der Waals surface area contributed by atoms with Crippen molar-refractivity contribution >= 4 is 49.4 Å². The van der Waals surface area contributed by atoms with Crippen molar-refractivity contribution in [2.75, 3.05) is 19.1 Å². The van der Waals surface area contributed by atoms with E-state index >= 15 is 0 Å². The second kappa shape index (κ2) is 9.14. The fourth-order valence-corrected chi connectivity index (χ4v) is 6.49. The third kappa shape index (κ3) is 3.52. The zero-order valence-electron chi connectivity index (χ0n) is 22.9. The Morgan fingerprint density at radius 2 is 1.00 bits per heavy atom. The zero-order valence-corrected chi connectivity index (χ0v) is 22.9. The van der Waals surface area contributed by atoms with Crippen LogP contribution in [0, 0.1) is 0 Å². The Labute approximate surface area is 238 Å². The Morgan fingerprint density at radius 3 is 1.61 bits per heavy atom. The standard InChI is InChI=1S/C38H27NO2/c1-40-28-18-14-26(15-19-28)39(27-16-20-29(41-2)21-17-27)38-32-11-6-5-10-30(32)37-35-23-25-9-4-3-8-24(25)22-34(35)31-12-7-13-33(38)36(31)37/h3-23H,1-2H3. The van der Waals surface area contributed by atoms with Crippen LogP contribution in [0.3, 0.4) is 0 Å². The van der Waals surface area contributed by atoms with E-state index in [9.17, 15) is 0 Å². The highest BCUT2D eigenvalue weighted by molar-refractivity contribution is 6.30. The van der Waals surface area contributed by atoms with E-state index in [0.717, 1.165) is 28.6 Å². The van der Waals surface area contributed by atoms with Gasteiger partial charge in [0.1, 0.15) is 11.5 Å². The molecule has 7 aromatic rings. The highest BCUT2D eigenvalue weighted by Crippen LogP contribution is 2.56. The van der Waals surface area contributed by atoms with Gasteiger partial charge in [-0.1, -0.05) is 66.7 Å². The maximum Gasteiger partial charge on any atom is 0.119 e. The van der Waals surface area contributed by atoms with Crippen LogP contribution >= 0.6 is 0 Å². The van der Waals surface area contributed by atoms with Gasteiger partial charge >= 0.3 is 0 Å². The van der Waals surface area contributed by atoms with Crippen molar-refractivity contribution < 1.29 is 9.47 Å². The molecule has 0 amide bonds. The molecule has 196 valence electrons. The zero-order chi connectivity index (χ0) is 27.5. The number of anilines is 3. The SMILES string of the molecule is COc1ccc(N(c2ccc(OC)cc2)c2c3ccccc3c3c4c(cccc24)-c2cc4ccccc4cc2-3)cc1. The molecule has 0 unspecified atom stereocenters. The highest BCUT2D eigenvalue weighted by atomic mass is 16.5. The lowest BCUT2D eigenvalue weighted by atomic mass is 9.92. The number of hydrogen-bond acceptors (Lipinski definition) is 3. The van der Waals surface area contributed by atoms with E-state index in [0.29, 0.717) is 0 Å². The first kappa shape index (κ1) is 23.6. The summed E-state index contributed by atoms with van der Waals surface area (Å²) in [5.41, 5.74) is 8.49. The molecular weight excluding hydrogens is 502 g/mol. The van der Waals surface area contributed by atoms with Crippen LogP contribution in [0.25, 0.3) is 54.6 Å². The summed E-state index contributed by atoms with van der Waals surface area (Å²) < 4.78 is 11.0. The lowest BCUT2D eigenvalue weighted by Gasteiger charge is -2.29. The summed E-state index contributed by atoms with van der Waals surface area (Å²) in [7, 11) is 3.40. The van der Waals surface area contributed by atoms with Crippen LogP contribution in [0.4, 0.5) is 17.1 Å². The van der Waals surface area contributed by atoms with Gasteiger partial charge in [0.15, 0.2) is 0 Å². The Kier molecular flexibility index (Phi) is 5.26. The van der Waals surface area contributed by atoms with Crippen molar-refractivity contribution in [2.45, 2.75) is 0 Å². The largest absolute Gasteiger partial charge is 0.497 e. The van der Waals surface area contributed by atoms with Gasteiger partial charge in [-0.25, -0.2) is 0 Å². The quantitative estimate of drug-likeness (QED) is 0.207. The highest BCUT2D eigenvalue weighted by Gasteiger charge is 2.28. The number of fused-ring (bicyclic) bond motifs is 6. The Hall–Kier alpha value is -5.28. The first-order valence-corrected chi connectivity index (χ1v) is 13.8. The predicted molar refractivity (Wildman–Crippen MR) is 171 cm³/mol. The van der Waals surface area contributed by atoms with E-state index in [1.54, 1.807) is 14.2 Å². The van der Waals surface area contributed by atoms with Gasteiger partial charge < -0.3 is 14.4 Å². The van der Waals surface area contributed by atoms with E-state index in [2.05, 4.69) is 108 Å². The minimum absolute atomic E-state index is 0.830. The molecule has 0 saturated carbocycles. The second-order valence-electron chi connectivity index (χ2n) is 10.5. The van der Waals surface area contributed by atoms with Crippen molar-refractivity contribution in [3.05, 3.63) is 127 Å². The molecule has 0 fully saturated rings. The van der Waals surface area contributed by atoms with Gasteiger partial charge in [0, 0.05) is 27.5 Å². The molecule has 0 N–H and O–H groups in total. The molecule has 7 aromatic carbocycles. The first-order valence-electron chi connectivity index (χ1n) is 13.8. The van der Waals surface area contributed by atoms with Crippen LogP contribution in [0.15, 0.2) is 127 Å². The van der Waals surface area contributed by atoms with Crippen molar-refractivity contribution in [2.24, 2.45) is 0 Å². The van der Waals surface area contributed by atoms with Crippen LogP contribution in [0.1, 0.15) is 0 Å². The second-order valence-corrected chi connectivity index (χ2v) is 10.5. The summed E-state index contributed by atoms with van der Waals surface area (Å²) >= 11 is 0. The number of nitrogens with zero attached hydrogens (tertiary/aromatic N) is 1. The third-order valence-corrected chi connectivity index (χ3v) is 8.35. The van der Waals surface area contributed by atoms with E-state index in [-0.39, 0.29) is 0 Å². The molecule has 41 heavy (non-hydrogen) atoms. The number of methoxy groups -OCH3 is 2. The smallest absolute Gasteiger partial charge is 0.119 e. The van der Waals surface area contributed by atoms with Gasteiger partial charge in [-0.2, -0.15) is 0 Å². The summed E-state index contributed by atoms with van der Waals surface area (Å²) in [4.78, 5) is 2.36. The van der Waals surface area contributed by atoms with Crippen molar-refractivity contribution in [3.63, 3.8) is 0 Å². The third-order valence-electron chi connectivity index (χ3n) is 8.35. The molecule has 3 heteroatoms. The molecule has 0 atom stereocenters. The molecule has 0 radical (unpaired) electrons. The summed E-state index contributed by atoms with van der Waals surface area (Å²) in [6.07, 6.45) is 0. The average molecular weight is 530 g/mol. The molecule has 0 heterocycles. The molecule has 1 aliphatic carbocycles. The van der Waals surface area contributed by atoms with Gasteiger partial charge in [0.2, 0.25) is 0 Å². The molecule has 0 saturated heterocycles. The molecule has 8 rings (SSSR count). The van der Waals surface area contributed by atoms with Crippen LogP contribution < -0.4 is 14.4 Å². The van der Waals surface area contributed by atoms with Gasteiger partial charge in [0.25, 0.3) is 0 Å². The van der Waals surface area contributed by atoms with Crippen LogP contribution in [-0.4, -0.2) is 14.2 Å². The van der Waals surface area contributed by atoms with E-state index in [4.69, 9.17) is 9.47 Å². The van der Waals surface area contributed by atoms with Gasteiger partial charge in [-0.3, -0.25) is 0 Å². The Bertz CT molecular complexity index is 2060. The lowest BCUT2D eigenvalue weighted by molar-refractivity contribution is 0.415. The molecule has 0 aliphatic heterocycles. The molecule has 0 bridgehead atoms. The van der Waals surface area contributed by atoms with Gasteiger partial charge in [-0.15, -0.1) is 0 Å². The summed E-state index contributed by atoms with van der Waals surface area (Å²) in [6, 6.07) is 45.6. The topological polar surface area (TPSA) is 21.7 Å². The average Bonchev–Trinajstić information content (AvgIpc) is 3.36. The Morgan fingerprint density at radius 1 is 0.463 bits per heavy atom. The summed E-state index contributed by atoms with van der Waals surface area (Å²) in [5, 5.41) is 7.52. The molecule has 0 aromatic heterocycles. The molecule has 3 nitrogen and oxygen atoms in total. The number of ether oxygens (including phenoxy) is 2.